The Bertz CT molecular complexity index is 1240. The van der Waals surface area contributed by atoms with E-state index < -0.39 is 16.0 Å². The third kappa shape index (κ3) is 12.9. The maximum Gasteiger partial charge on any atom is 0.335 e. The summed E-state index contributed by atoms with van der Waals surface area (Å²) in [5.74, 6) is 0.139. The van der Waals surface area contributed by atoms with Crippen molar-refractivity contribution in [2.75, 3.05) is 19.7 Å². The fraction of sp³-hybridized carbons (Fsp3) is 0.600. The number of unbranched alkanes of at least 4 members (excludes halogenated alkanes) is 13. The first-order valence-corrected chi connectivity index (χ1v) is 18.3. The van der Waals surface area contributed by atoms with E-state index in [4.69, 9.17) is 4.74 Å². The molecule has 0 amide bonds. The van der Waals surface area contributed by atoms with Crippen molar-refractivity contribution in [1.29, 1.82) is 0 Å². The highest BCUT2D eigenvalue weighted by atomic mass is 32.2. The molecule has 0 unspecified atom stereocenters. The molecule has 244 valence electrons. The molecule has 1 aliphatic heterocycles. The summed E-state index contributed by atoms with van der Waals surface area (Å²) < 4.78 is 31.9. The quantitative estimate of drug-likeness (QED) is 0.0623. The number of nitrogens with one attached hydrogen (secondary N) is 1. The van der Waals surface area contributed by atoms with Crippen molar-refractivity contribution in [3.8, 4) is 5.75 Å². The molecule has 0 aliphatic carbocycles. The first kappa shape index (κ1) is 35.4. The van der Waals surface area contributed by atoms with Crippen LogP contribution >= 0.6 is 0 Å². The zero-order valence-electron chi connectivity index (χ0n) is 26.6. The molecule has 0 aromatic heterocycles. The summed E-state index contributed by atoms with van der Waals surface area (Å²) in [6.07, 6.45) is 21.7. The normalized spacial score (nSPS) is 14.0. The highest BCUT2D eigenvalue weighted by Crippen LogP contribution is 2.19. The molecule has 2 aromatic carbocycles. The first-order chi connectivity index (χ1) is 21.4. The number of amidine groups is 1. The predicted octanol–water partition coefficient (Wildman–Crippen LogP) is 8.37. The third-order valence-corrected chi connectivity index (χ3v) is 9.40. The van der Waals surface area contributed by atoms with Gasteiger partial charge in [0.15, 0.2) is 5.84 Å². The summed E-state index contributed by atoms with van der Waals surface area (Å²) >= 11 is 0. The predicted molar refractivity (Wildman–Crippen MR) is 178 cm³/mol. The van der Waals surface area contributed by atoms with E-state index in [2.05, 4.69) is 21.8 Å². The van der Waals surface area contributed by atoms with Crippen molar-refractivity contribution in [2.45, 2.75) is 121 Å². The minimum atomic E-state index is -4.05. The molecule has 0 bridgehead atoms. The Morgan fingerprint density at radius 2 is 1.36 bits per heavy atom. The second-order valence-corrected chi connectivity index (χ2v) is 13.5. The Morgan fingerprint density at radius 3 is 1.93 bits per heavy atom. The highest BCUT2D eigenvalue weighted by Gasteiger charge is 2.20. The molecule has 9 heteroatoms. The van der Waals surface area contributed by atoms with Crippen LogP contribution < -0.4 is 9.57 Å². The number of carboxylic acid groups (broad SMARTS) is 1. The summed E-state index contributed by atoms with van der Waals surface area (Å²) in [5, 5.41) is 13.6. The van der Waals surface area contributed by atoms with E-state index in [0.29, 0.717) is 12.4 Å². The zero-order valence-corrected chi connectivity index (χ0v) is 27.5. The second-order valence-electron chi connectivity index (χ2n) is 11.9. The maximum absolute atomic E-state index is 13.0. The van der Waals surface area contributed by atoms with E-state index in [0.717, 1.165) is 56.2 Å². The van der Waals surface area contributed by atoms with Gasteiger partial charge in [0, 0.05) is 18.7 Å². The number of hydrogen-bond donors (Lipinski definition) is 2. The molecule has 1 fully saturated rings. The van der Waals surface area contributed by atoms with Crippen LogP contribution in [0.5, 0.6) is 5.75 Å². The number of sulfonamides is 1. The van der Waals surface area contributed by atoms with Gasteiger partial charge in [-0.1, -0.05) is 96.5 Å². The smallest absolute Gasteiger partial charge is 0.335 e. The topological polar surface area (TPSA) is 108 Å². The summed E-state index contributed by atoms with van der Waals surface area (Å²) in [6.45, 7) is 4.52. The Balaban J connectivity index is 1.42. The molecule has 1 aliphatic rings. The number of nitrogens with zero attached hydrogens (tertiary/aromatic N) is 2. The molecule has 2 aromatic rings. The van der Waals surface area contributed by atoms with Gasteiger partial charge in [-0.2, -0.15) is 13.2 Å². The van der Waals surface area contributed by atoms with Gasteiger partial charge in [0.25, 0.3) is 10.0 Å². The van der Waals surface area contributed by atoms with E-state index in [1.165, 1.54) is 102 Å². The number of ether oxygens (including phenoxy) is 1. The minimum Gasteiger partial charge on any atom is -0.494 e. The third-order valence-electron chi connectivity index (χ3n) is 8.20. The Labute approximate surface area is 265 Å². The molecule has 44 heavy (non-hydrogen) atoms. The van der Waals surface area contributed by atoms with Gasteiger partial charge in [0.2, 0.25) is 0 Å². The van der Waals surface area contributed by atoms with E-state index in [9.17, 15) is 18.3 Å². The van der Waals surface area contributed by atoms with Crippen molar-refractivity contribution in [3.05, 3.63) is 59.7 Å². The monoisotopic (exact) mass is 627 g/mol. The summed E-state index contributed by atoms with van der Waals surface area (Å²) in [6, 6.07) is 12.9. The minimum absolute atomic E-state index is 0.0993. The average molecular weight is 628 g/mol. The van der Waals surface area contributed by atoms with Crippen molar-refractivity contribution >= 4 is 21.8 Å². The van der Waals surface area contributed by atoms with Crippen LogP contribution in [0.3, 0.4) is 0 Å². The van der Waals surface area contributed by atoms with Crippen molar-refractivity contribution < 1.29 is 23.1 Å². The summed E-state index contributed by atoms with van der Waals surface area (Å²) in [7, 11) is -4.05. The van der Waals surface area contributed by atoms with Gasteiger partial charge in [-0.3, -0.25) is 0 Å². The number of hydrogen-bond acceptors (Lipinski definition) is 5. The zero-order chi connectivity index (χ0) is 31.5. The molecular formula is C35H53N3O5S. The Kier molecular flexibility index (Phi) is 16.1. The average Bonchev–Trinajstić information content (AvgIpc) is 3.04. The lowest BCUT2D eigenvalue weighted by Gasteiger charge is -2.29. The maximum atomic E-state index is 13.0. The number of carbonyl (C=O) groups is 1. The molecular weight excluding hydrogens is 574 g/mol. The van der Waals surface area contributed by atoms with E-state index in [-0.39, 0.29) is 10.5 Å². The molecule has 8 nitrogen and oxygen atoms in total. The van der Waals surface area contributed by atoms with Gasteiger partial charge in [0.1, 0.15) is 5.75 Å². The number of aromatic carboxylic acids is 1. The molecule has 1 saturated heterocycles. The summed E-state index contributed by atoms with van der Waals surface area (Å²) in [4.78, 5) is 15.6. The molecule has 2 N–H and O–H groups in total. The van der Waals surface area contributed by atoms with Crippen molar-refractivity contribution in [2.24, 2.45) is 5.10 Å². The lowest BCUT2D eigenvalue weighted by Crippen LogP contribution is -2.38. The molecule has 0 saturated carbocycles. The number of carboxylic acids is 1. The number of likely N-dealkylation sites (tertiary alicyclic amines) is 1. The van der Waals surface area contributed by atoms with E-state index >= 15 is 0 Å². The van der Waals surface area contributed by atoms with E-state index in [1.54, 1.807) is 0 Å². The Morgan fingerprint density at radius 1 is 0.795 bits per heavy atom. The van der Waals surface area contributed by atoms with E-state index in [1.807, 2.05) is 24.3 Å². The van der Waals surface area contributed by atoms with Crippen LogP contribution in [0, 0.1) is 0 Å². The van der Waals surface area contributed by atoms with Gasteiger partial charge in [-0.25, -0.2) is 4.79 Å². The molecule has 3 rings (SSSR count). The molecule has 1 heterocycles. The van der Waals surface area contributed by atoms with Crippen molar-refractivity contribution in [1.82, 2.24) is 9.73 Å². The molecule has 0 radical (unpaired) electrons. The van der Waals surface area contributed by atoms with Crippen LogP contribution in [0.2, 0.25) is 0 Å². The fourth-order valence-electron chi connectivity index (χ4n) is 5.56. The number of rotatable bonds is 21. The van der Waals surface area contributed by atoms with Crippen LogP contribution in [0.15, 0.2) is 58.5 Å². The Hall–Kier alpha value is -3.07. The molecule has 0 spiro atoms. The lowest BCUT2D eigenvalue weighted by molar-refractivity contribution is 0.0696. The SMILES string of the molecule is CCCCCCCCCCCCCCCCOc1ccc(/C(=N\NS(=O)(=O)c2cccc(C(=O)O)c2)N2CCCCC2)cc1. The van der Waals surface area contributed by atoms with Crippen LogP contribution in [0.4, 0.5) is 0 Å². The van der Waals surface area contributed by atoms with Gasteiger partial charge in [-0.15, -0.1) is 5.10 Å². The second kappa shape index (κ2) is 20.1. The van der Waals surface area contributed by atoms with Crippen molar-refractivity contribution in [3.63, 3.8) is 0 Å². The first-order valence-electron chi connectivity index (χ1n) is 16.8. The fourth-order valence-corrected chi connectivity index (χ4v) is 6.41. The number of piperidine rings is 1. The highest BCUT2D eigenvalue weighted by molar-refractivity contribution is 7.89. The van der Waals surface area contributed by atoms with Crippen LogP contribution in [0.1, 0.15) is 132 Å². The largest absolute Gasteiger partial charge is 0.494 e. The van der Waals surface area contributed by atoms with Gasteiger partial charge >= 0.3 is 5.97 Å². The van der Waals surface area contributed by atoms with Gasteiger partial charge in [-0.05, 0) is 68.1 Å². The summed E-state index contributed by atoms with van der Waals surface area (Å²) in [5.41, 5.74) is 0.690. The van der Waals surface area contributed by atoms with Crippen LogP contribution in [-0.2, 0) is 10.0 Å². The molecule has 0 atom stereocenters. The van der Waals surface area contributed by atoms with Crippen LogP contribution in [0.25, 0.3) is 0 Å². The number of hydrazone groups is 1. The van der Waals surface area contributed by atoms with Crippen LogP contribution in [-0.4, -0.2) is 49.9 Å². The van der Waals surface area contributed by atoms with Gasteiger partial charge in [0.05, 0.1) is 17.1 Å². The lowest BCUT2D eigenvalue weighted by atomic mass is 10.0. The number of benzene rings is 2. The standard InChI is InChI=1S/C35H53N3O5S/c1-2-3-4-5-6-7-8-9-10-11-12-13-14-18-28-43-32-24-22-30(23-25-32)34(38-26-16-15-17-27-38)36-37-44(41,42)33-21-19-20-31(29-33)35(39)40/h19-25,29,37H,2-18,26-28H2,1H3,(H,39,40)/b36-34+. The van der Waals surface area contributed by atoms with Gasteiger partial charge < -0.3 is 14.7 Å².